The van der Waals surface area contributed by atoms with E-state index in [0.29, 0.717) is 38.0 Å². The highest BCUT2D eigenvalue weighted by atomic mass is 16.7. The minimum absolute atomic E-state index is 0.0449. The first-order valence-electron chi connectivity index (χ1n) is 14.1. The van der Waals surface area contributed by atoms with E-state index >= 15 is 0 Å². The van der Waals surface area contributed by atoms with Crippen LogP contribution in [0.5, 0.6) is 0 Å². The molecular weight excluding hydrogens is 483 g/mol. The molecule has 5 aliphatic rings. The SMILES string of the molecule is CC(C)(C)OC(=O)N1CCO[C@H](CC(=O)N[C@@H](Cc2ccccc2)B2O[C@@H]3C[C@@H]4C[C@@H](C4(C)C)[C@]3(C)O2)C1. The normalized spacial score (nSPS) is 32.7. The maximum Gasteiger partial charge on any atom is 0.482 e. The van der Waals surface area contributed by atoms with Gasteiger partial charge in [-0.3, -0.25) is 4.79 Å². The Hall–Kier alpha value is -2.10. The van der Waals surface area contributed by atoms with Crippen molar-refractivity contribution in [2.24, 2.45) is 17.3 Å². The summed E-state index contributed by atoms with van der Waals surface area (Å²) >= 11 is 0. The van der Waals surface area contributed by atoms with Gasteiger partial charge in [0.2, 0.25) is 5.91 Å². The minimum Gasteiger partial charge on any atom is -0.444 e. The fraction of sp³-hybridized carbons (Fsp3) is 0.724. The predicted octanol–water partition coefficient (Wildman–Crippen LogP) is 4.01. The maximum absolute atomic E-state index is 13.3. The van der Waals surface area contributed by atoms with Gasteiger partial charge in [-0.05, 0) is 69.8 Å². The largest absolute Gasteiger partial charge is 0.482 e. The molecule has 8 nitrogen and oxygen atoms in total. The molecule has 208 valence electrons. The average Bonchev–Trinajstić information content (AvgIpc) is 3.20. The van der Waals surface area contributed by atoms with E-state index in [1.807, 2.05) is 39.0 Å². The maximum atomic E-state index is 13.3. The first-order chi connectivity index (χ1) is 17.8. The summed E-state index contributed by atoms with van der Waals surface area (Å²) in [6.07, 6.45) is 2.20. The van der Waals surface area contributed by atoms with E-state index in [-0.39, 0.29) is 41.5 Å². The van der Waals surface area contributed by atoms with Gasteiger partial charge < -0.3 is 29.0 Å². The molecule has 0 radical (unpaired) electrons. The van der Waals surface area contributed by atoms with Gasteiger partial charge in [0.15, 0.2) is 0 Å². The van der Waals surface area contributed by atoms with Crippen molar-refractivity contribution in [3.63, 3.8) is 0 Å². The summed E-state index contributed by atoms with van der Waals surface area (Å²) in [4.78, 5) is 27.5. The fourth-order valence-electron chi connectivity index (χ4n) is 6.96. The van der Waals surface area contributed by atoms with E-state index in [2.05, 4.69) is 38.2 Å². The second-order valence-corrected chi connectivity index (χ2v) is 13.3. The van der Waals surface area contributed by atoms with Gasteiger partial charge in [-0.15, -0.1) is 0 Å². The second kappa shape index (κ2) is 10.1. The lowest BCUT2D eigenvalue weighted by Gasteiger charge is -2.64. The number of ether oxygens (including phenoxy) is 2. The zero-order valence-electron chi connectivity index (χ0n) is 23.7. The summed E-state index contributed by atoms with van der Waals surface area (Å²) in [5.41, 5.74) is 0.445. The summed E-state index contributed by atoms with van der Waals surface area (Å²) in [5.74, 6) is 0.634. The van der Waals surface area contributed by atoms with Crippen LogP contribution < -0.4 is 5.32 Å². The Morgan fingerprint density at radius 3 is 2.61 bits per heavy atom. The molecule has 1 N–H and O–H groups in total. The van der Waals surface area contributed by atoms with E-state index < -0.39 is 18.8 Å². The zero-order valence-corrected chi connectivity index (χ0v) is 23.7. The van der Waals surface area contributed by atoms with Crippen LogP contribution in [0.15, 0.2) is 30.3 Å². The Morgan fingerprint density at radius 2 is 1.92 bits per heavy atom. The fourth-order valence-corrected chi connectivity index (χ4v) is 6.96. The van der Waals surface area contributed by atoms with Crippen molar-refractivity contribution in [3.05, 3.63) is 35.9 Å². The number of nitrogens with one attached hydrogen (secondary N) is 1. The summed E-state index contributed by atoms with van der Waals surface area (Å²) < 4.78 is 24.6. The van der Waals surface area contributed by atoms with Gasteiger partial charge in [-0.2, -0.15) is 0 Å². The van der Waals surface area contributed by atoms with E-state index in [1.165, 1.54) is 6.42 Å². The molecule has 2 bridgehead atoms. The van der Waals surface area contributed by atoms with Crippen molar-refractivity contribution in [3.8, 4) is 0 Å². The predicted molar refractivity (Wildman–Crippen MR) is 144 cm³/mol. The topological polar surface area (TPSA) is 86.3 Å². The molecule has 3 saturated carbocycles. The average molecular weight is 526 g/mol. The zero-order chi connectivity index (χ0) is 27.3. The highest BCUT2D eigenvalue weighted by Crippen LogP contribution is 2.65. The lowest BCUT2D eigenvalue weighted by Crippen LogP contribution is -2.65. The smallest absolute Gasteiger partial charge is 0.444 e. The molecular formula is C29H43BN2O6. The summed E-state index contributed by atoms with van der Waals surface area (Å²) in [6, 6.07) is 10.1. The van der Waals surface area contributed by atoms with E-state index in [9.17, 15) is 9.59 Å². The number of rotatable bonds is 6. The summed E-state index contributed by atoms with van der Waals surface area (Å²) in [6.45, 7) is 13.6. The van der Waals surface area contributed by atoms with Gasteiger partial charge in [0.1, 0.15) is 5.60 Å². The van der Waals surface area contributed by atoms with Crippen molar-refractivity contribution in [1.82, 2.24) is 10.2 Å². The first-order valence-corrected chi connectivity index (χ1v) is 14.1. The van der Waals surface area contributed by atoms with Crippen LogP contribution >= 0.6 is 0 Å². The molecule has 1 aromatic carbocycles. The van der Waals surface area contributed by atoms with E-state index in [4.69, 9.17) is 18.8 Å². The molecule has 0 aromatic heterocycles. The van der Waals surface area contributed by atoms with Crippen LogP contribution in [0.1, 0.15) is 66.4 Å². The van der Waals surface area contributed by atoms with Crippen molar-refractivity contribution in [2.45, 2.75) is 96.6 Å². The highest BCUT2D eigenvalue weighted by Gasteiger charge is 2.68. The second-order valence-electron chi connectivity index (χ2n) is 13.3. The monoisotopic (exact) mass is 526 g/mol. The number of hydrogen-bond donors (Lipinski definition) is 1. The first kappa shape index (κ1) is 27.5. The van der Waals surface area contributed by atoms with Crippen LogP contribution in [0.3, 0.4) is 0 Å². The molecule has 0 spiro atoms. The Balaban J connectivity index is 1.24. The molecule has 5 fully saturated rings. The van der Waals surface area contributed by atoms with Crippen molar-refractivity contribution >= 4 is 19.1 Å². The van der Waals surface area contributed by atoms with Crippen LogP contribution in [-0.4, -0.2) is 73.1 Å². The third kappa shape index (κ3) is 5.47. The molecule has 2 aliphatic heterocycles. The molecule has 9 heteroatoms. The third-order valence-electron chi connectivity index (χ3n) is 9.15. The number of nitrogens with zero attached hydrogens (tertiary/aromatic N) is 1. The van der Waals surface area contributed by atoms with Gasteiger partial charge in [0, 0.05) is 6.54 Å². The standard InChI is InChI=1S/C29H43BN2O6/c1-27(2,3)36-26(34)32-12-13-35-21(18-32)17-25(33)31-24(14-19-10-8-7-9-11-19)30-37-23-16-20-15-22(28(20,4)5)29(23,6)38-30/h7-11,20-24H,12-18H2,1-6H3,(H,31,33)/t20-,21+,22-,23+,24-,29-/m0/s1. The quantitative estimate of drug-likeness (QED) is 0.564. The lowest BCUT2D eigenvalue weighted by molar-refractivity contribution is -0.199. The van der Waals surface area contributed by atoms with Crippen LogP contribution in [-0.2, 0) is 30.0 Å². The highest BCUT2D eigenvalue weighted by molar-refractivity contribution is 6.48. The Bertz CT molecular complexity index is 1030. The third-order valence-corrected chi connectivity index (χ3v) is 9.15. The van der Waals surface area contributed by atoms with Gasteiger partial charge in [0.25, 0.3) is 0 Å². The Morgan fingerprint density at radius 1 is 1.18 bits per heavy atom. The molecule has 2 saturated heterocycles. The molecule has 3 aliphatic carbocycles. The van der Waals surface area contributed by atoms with Crippen LogP contribution in [0.25, 0.3) is 0 Å². The summed E-state index contributed by atoms with van der Waals surface area (Å²) in [5, 5.41) is 3.21. The van der Waals surface area contributed by atoms with Gasteiger partial charge in [-0.25, -0.2) is 4.79 Å². The molecule has 2 heterocycles. The van der Waals surface area contributed by atoms with Crippen molar-refractivity contribution in [1.29, 1.82) is 0 Å². The molecule has 6 rings (SSSR count). The minimum atomic E-state index is -0.572. The van der Waals surface area contributed by atoms with Crippen molar-refractivity contribution < 1.29 is 28.4 Å². The molecule has 38 heavy (non-hydrogen) atoms. The Labute approximate surface area is 227 Å². The van der Waals surface area contributed by atoms with Crippen LogP contribution in [0.4, 0.5) is 4.79 Å². The van der Waals surface area contributed by atoms with Crippen LogP contribution in [0.2, 0.25) is 0 Å². The molecule has 2 amide bonds. The molecule has 0 unspecified atom stereocenters. The molecule has 1 aromatic rings. The van der Waals surface area contributed by atoms with E-state index in [0.717, 1.165) is 12.0 Å². The lowest BCUT2D eigenvalue weighted by atomic mass is 9.43. The number of amides is 2. The molecule has 6 atom stereocenters. The number of benzene rings is 1. The van der Waals surface area contributed by atoms with Crippen molar-refractivity contribution in [2.75, 3.05) is 19.7 Å². The Kier molecular flexibility index (Phi) is 7.33. The van der Waals surface area contributed by atoms with E-state index in [1.54, 1.807) is 4.90 Å². The van der Waals surface area contributed by atoms with Gasteiger partial charge in [0.05, 0.1) is 43.3 Å². The van der Waals surface area contributed by atoms with Gasteiger partial charge >= 0.3 is 13.2 Å². The number of carbonyl (C=O) groups excluding carboxylic acids is 2. The number of hydrogen-bond acceptors (Lipinski definition) is 6. The van der Waals surface area contributed by atoms with Crippen LogP contribution in [0, 0.1) is 17.3 Å². The van der Waals surface area contributed by atoms with Gasteiger partial charge in [-0.1, -0.05) is 44.2 Å². The summed E-state index contributed by atoms with van der Waals surface area (Å²) in [7, 11) is -0.519. The number of carbonyl (C=O) groups is 2. The number of morpholine rings is 1.